The quantitative estimate of drug-likeness (QED) is 0.272. The number of nitrogens with zero attached hydrogens (tertiary/aromatic N) is 3. The Balaban J connectivity index is 1.35. The molecule has 0 saturated carbocycles. The minimum absolute atomic E-state index is 0.0138. The molecule has 3 aromatic carbocycles. The normalized spacial score (nSPS) is 15.6. The Kier molecular flexibility index (Phi) is 6.94. The summed E-state index contributed by atoms with van der Waals surface area (Å²) in [5.41, 5.74) is 5.29. The maximum absolute atomic E-state index is 13.1. The Hall–Kier alpha value is -3.80. The Bertz CT molecular complexity index is 1360. The molecule has 1 aliphatic heterocycles. The van der Waals surface area contributed by atoms with Crippen LogP contribution in [0.25, 0.3) is 11.0 Å². The molecule has 4 aromatic rings. The fourth-order valence-corrected chi connectivity index (χ4v) is 5.14. The predicted octanol–water partition coefficient (Wildman–Crippen LogP) is 6.04. The second kappa shape index (κ2) is 10.4. The van der Waals surface area contributed by atoms with Crippen molar-refractivity contribution in [2.45, 2.75) is 46.1 Å². The Morgan fingerprint density at radius 1 is 0.972 bits per heavy atom. The van der Waals surface area contributed by atoms with Crippen molar-refractivity contribution in [1.82, 2.24) is 9.55 Å². The van der Waals surface area contributed by atoms with Gasteiger partial charge in [0.25, 0.3) is 0 Å². The van der Waals surface area contributed by atoms with Crippen LogP contribution in [0.2, 0.25) is 0 Å². The number of para-hydroxylation sites is 4. The lowest BCUT2D eigenvalue weighted by atomic mass is 10.1. The lowest BCUT2D eigenvalue weighted by Gasteiger charge is -2.20. The van der Waals surface area contributed by atoms with E-state index in [1.165, 1.54) is 11.1 Å². The highest BCUT2D eigenvalue weighted by atomic mass is 16.5. The zero-order chi connectivity index (χ0) is 25.1. The van der Waals surface area contributed by atoms with E-state index in [2.05, 4.69) is 42.7 Å². The van der Waals surface area contributed by atoms with Gasteiger partial charge in [-0.05, 0) is 74.7 Å². The largest absolute Gasteiger partial charge is 0.494 e. The summed E-state index contributed by atoms with van der Waals surface area (Å²) < 4.78 is 14.1. The molecule has 186 valence electrons. The lowest BCUT2D eigenvalue weighted by Crippen LogP contribution is -2.25. The summed E-state index contributed by atoms with van der Waals surface area (Å²) in [5, 5.41) is 0. The minimum Gasteiger partial charge on any atom is -0.494 e. The topological polar surface area (TPSA) is 56.6 Å². The molecule has 1 fully saturated rings. The van der Waals surface area contributed by atoms with Crippen LogP contribution in [0.1, 0.15) is 42.6 Å². The van der Waals surface area contributed by atoms with Gasteiger partial charge in [-0.1, -0.05) is 30.3 Å². The first-order chi connectivity index (χ1) is 17.5. The predicted molar refractivity (Wildman–Crippen MR) is 143 cm³/mol. The molecule has 0 spiro atoms. The molecule has 1 saturated heterocycles. The van der Waals surface area contributed by atoms with Gasteiger partial charge in [-0.2, -0.15) is 0 Å². The highest BCUT2D eigenvalue weighted by Gasteiger charge is 2.35. The van der Waals surface area contributed by atoms with Crippen LogP contribution in [0.3, 0.4) is 0 Å². The molecule has 0 aliphatic carbocycles. The van der Waals surface area contributed by atoms with E-state index >= 15 is 0 Å². The average Bonchev–Trinajstić information content (AvgIpc) is 3.42. The standard InChI is InChI=1S/C30H33N3O3/c1-4-35-28-13-8-7-12-27(28)33-20-23(19-29(33)34)30-31-25-10-5-6-11-26(25)32(30)14-9-15-36-24-17-21(2)16-22(3)18-24/h5-8,10-13,16-18,23H,4,9,14-15,19-20H2,1-3H3/t23-/m0/s1. The molecule has 2 heterocycles. The average molecular weight is 484 g/mol. The Morgan fingerprint density at radius 2 is 1.72 bits per heavy atom. The third-order valence-electron chi connectivity index (χ3n) is 6.62. The number of fused-ring (bicyclic) bond motifs is 1. The van der Waals surface area contributed by atoms with Gasteiger partial charge in [0.05, 0.1) is 29.9 Å². The van der Waals surface area contributed by atoms with Crippen molar-refractivity contribution in [1.29, 1.82) is 0 Å². The number of carbonyl (C=O) groups is 1. The van der Waals surface area contributed by atoms with Gasteiger partial charge in [-0.3, -0.25) is 4.79 Å². The Morgan fingerprint density at radius 3 is 2.53 bits per heavy atom. The smallest absolute Gasteiger partial charge is 0.227 e. The first-order valence-corrected chi connectivity index (χ1v) is 12.7. The summed E-state index contributed by atoms with van der Waals surface area (Å²) in [6.45, 7) is 8.67. The van der Waals surface area contributed by atoms with Crippen LogP contribution in [0.4, 0.5) is 5.69 Å². The van der Waals surface area contributed by atoms with Gasteiger partial charge in [0.2, 0.25) is 5.91 Å². The number of amides is 1. The molecule has 1 aromatic heterocycles. The molecule has 5 rings (SSSR count). The van der Waals surface area contributed by atoms with E-state index in [9.17, 15) is 4.79 Å². The molecule has 1 atom stereocenters. The number of benzene rings is 3. The van der Waals surface area contributed by atoms with Gasteiger partial charge in [0.15, 0.2) is 0 Å². The van der Waals surface area contributed by atoms with E-state index in [-0.39, 0.29) is 11.8 Å². The van der Waals surface area contributed by atoms with Gasteiger partial charge in [-0.15, -0.1) is 0 Å². The second-order valence-corrected chi connectivity index (χ2v) is 9.44. The number of hydrogen-bond acceptors (Lipinski definition) is 4. The summed E-state index contributed by atoms with van der Waals surface area (Å²) in [5.74, 6) is 2.73. The third kappa shape index (κ3) is 4.94. The van der Waals surface area contributed by atoms with Crippen LogP contribution >= 0.6 is 0 Å². The van der Waals surface area contributed by atoms with Crippen molar-refractivity contribution in [2.24, 2.45) is 0 Å². The third-order valence-corrected chi connectivity index (χ3v) is 6.62. The summed E-state index contributed by atoms with van der Waals surface area (Å²) in [4.78, 5) is 20.0. The number of anilines is 1. The molecule has 6 nitrogen and oxygen atoms in total. The Labute approximate surface area is 212 Å². The van der Waals surface area contributed by atoms with Gasteiger partial charge in [-0.25, -0.2) is 4.98 Å². The van der Waals surface area contributed by atoms with Crippen LogP contribution in [0.15, 0.2) is 66.7 Å². The maximum atomic E-state index is 13.1. The first-order valence-electron chi connectivity index (χ1n) is 12.7. The summed E-state index contributed by atoms with van der Waals surface area (Å²) >= 11 is 0. The summed E-state index contributed by atoms with van der Waals surface area (Å²) in [6.07, 6.45) is 1.28. The van der Waals surface area contributed by atoms with Crippen LogP contribution in [-0.2, 0) is 11.3 Å². The van der Waals surface area contributed by atoms with Crippen molar-refractivity contribution in [2.75, 3.05) is 24.7 Å². The molecular weight excluding hydrogens is 450 g/mol. The minimum atomic E-state index is 0.0138. The van der Waals surface area contributed by atoms with Crippen LogP contribution in [0, 0.1) is 13.8 Å². The fraction of sp³-hybridized carbons (Fsp3) is 0.333. The van der Waals surface area contributed by atoms with E-state index in [0.717, 1.165) is 47.0 Å². The number of carbonyl (C=O) groups excluding carboxylic acids is 1. The van der Waals surface area contributed by atoms with Crippen molar-refractivity contribution < 1.29 is 14.3 Å². The lowest BCUT2D eigenvalue weighted by molar-refractivity contribution is -0.117. The van der Waals surface area contributed by atoms with E-state index in [4.69, 9.17) is 14.5 Å². The molecule has 0 unspecified atom stereocenters. The number of imidazole rings is 1. The maximum Gasteiger partial charge on any atom is 0.227 e. The van der Waals surface area contributed by atoms with E-state index < -0.39 is 0 Å². The molecule has 0 bridgehead atoms. The van der Waals surface area contributed by atoms with Gasteiger partial charge in [0, 0.05) is 25.4 Å². The number of ether oxygens (including phenoxy) is 2. The van der Waals surface area contributed by atoms with E-state index in [1.807, 2.05) is 54.3 Å². The molecule has 36 heavy (non-hydrogen) atoms. The van der Waals surface area contributed by atoms with Crippen LogP contribution in [0.5, 0.6) is 11.5 Å². The van der Waals surface area contributed by atoms with E-state index in [0.29, 0.717) is 26.2 Å². The molecule has 1 aliphatic rings. The zero-order valence-corrected chi connectivity index (χ0v) is 21.2. The second-order valence-electron chi connectivity index (χ2n) is 9.44. The number of aromatic nitrogens is 2. The summed E-state index contributed by atoms with van der Waals surface area (Å²) in [7, 11) is 0. The molecule has 6 heteroatoms. The van der Waals surface area contributed by atoms with Gasteiger partial charge in [0.1, 0.15) is 17.3 Å². The SMILES string of the molecule is CCOc1ccccc1N1C[C@@H](c2nc3ccccc3n2CCCOc2cc(C)cc(C)c2)CC1=O. The first kappa shape index (κ1) is 23.9. The number of hydrogen-bond donors (Lipinski definition) is 0. The highest BCUT2D eigenvalue weighted by molar-refractivity contribution is 5.97. The van der Waals surface area contributed by atoms with Crippen molar-refractivity contribution in [3.63, 3.8) is 0 Å². The van der Waals surface area contributed by atoms with Crippen molar-refractivity contribution in [3.8, 4) is 11.5 Å². The zero-order valence-electron chi connectivity index (χ0n) is 21.2. The van der Waals surface area contributed by atoms with Crippen molar-refractivity contribution >= 4 is 22.6 Å². The number of rotatable bonds is 9. The van der Waals surface area contributed by atoms with Crippen LogP contribution in [-0.4, -0.2) is 35.2 Å². The fourth-order valence-electron chi connectivity index (χ4n) is 5.14. The monoisotopic (exact) mass is 483 g/mol. The number of aryl methyl sites for hydroxylation is 3. The molecule has 0 N–H and O–H groups in total. The van der Waals surface area contributed by atoms with E-state index in [1.54, 1.807) is 0 Å². The van der Waals surface area contributed by atoms with Gasteiger partial charge < -0.3 is 18.9 Å². The molecular formula is C30H33N3O3. The summed E-state index contributed by atoms with van der Waals surface area (Å²) in [6, 6.07) is 22.3. The van der Waals surface area contributed by atoms with Gasteiger partial charge >= 0.3 is 0 Å². The molecule has 0 radical (unpaired) electrons. The highest BCUT2D eigenvalue weighted by Crippen LogP contribution is 2.37. The van der Waals surface area contributed by atoms with Crippen LogP contribution < -0.4 is 14.4 Å². The molecule has 1 amide bonds. The van der Waals surface area contributed by atoms with Crippen molar-refractivity contribution in [3.05, 3.63) is 83.7 Å².